The fraction of sp³-hybridized carbons (Fsp3) is 0.167. The predicted molar refractivity (Wildman–Crippen MR) is 90.7 cm³/mol. The van der Waals surface area contributed by atoms with Gasteiger partial charge in [0.25, 0.3) is 5.56 Å². The molecule has 1 heterocycles. The van der Waals surface area contributed by atoms with E-state index in [4.69, 9.17) is 0 Å². The largest absolute Gasteiger partial charge is 0.297 e. The van der Waals surface area contributed by atoms with Gasteiger partial charge in [-0.05, 0) is 31.5 Å². The van der Waals surface area contributed by atoms with E-state index in [2.05, 4.69) is 15.3 Å². The van der Waals surface area contributed by atoms with Gasteiger partial charge in [0.05, 0.1) is 17.9 Å². The Labute approximate surface area is 134 Å². The summed E-state index contributed by atoms with van der Waals surface area (Å²) in [4.78, 5) is 12.4. The van der Waals surface area contributed by atoms with Crippen LogP contribution in [0.1, 0.15) is 16.8 Å². The molecule has 2 aromatic carbocycles. The smallest absolute Gasteiger partial charge is 0.294 e. The van der Waals surface area contributed by atoms with E-state index < -0.39 is 0 Å². The molecule has 0 aliphatic carbocycles. The Morgan fingerprint density at radius 1 is 0.957 bits per heavy atom. The van der Waals surface area contributed by atoms with E-state index in [1.54, 1.807) is 4.68 Å². The molecular formula is C18H18N4O. The number of aryl methyl sites for hydroxylation is 2. The Bertz CT molecular complexity index is 874. The molecule has 0 amide bonds. The van der Waals surface area contributed by atoms with Gasteiger partial charge in [-0.15, -0.1) is 5.11 Å². The first-order valence-corrected chi connectivity index (χ1v) is 7.45. The van der Waals surface area contributed by atoms with E-state index in [0.29, 0.717) is 17.9 Å². The summed E-state index contributed by atoms with van der Waals surface area (Å²) >= 11 is 0. The summed E-state index contributed by atoms with van der Waals surface area (Å²) < 4.78 is 1.55. The predicted octanol–water partition coefficient (Wildman–Crippen LogP) is 4.26. The summed E-state index contributed by atoms with van der Waals surface area (Å²) in [5, 5.41) is 11.3. The van der Waals surface area contributed by atoms with Crippen molar-refractivity contribution in [1.82, 2.24) is 9.78 Å². The van der Waals surface area contributed by atoms with Gasteiger partial charge in [0.2, 0.25) is 0 Å². The molecule has 5 nitrogen and oxygen atoms in total. The fourth-order valence-corrected chi connectivity index (χ4v) is 2.31. The van der Waals surface area contributed by atoms with Gasteiger partial charge in [0.1, 0.15) is 0 Å². The Hall–Kier alpha value is -2.95. The van der Waals surface area contributed by atoms with Crippen LogP contribution in [0.3, 0.4) is 0 Å². The molecule has 0 aliphatic heterocycles. The van der Waals surface area contributed by atoms with Crippen molar-refractivity contribution in [3.8, 4) is 0 Å². The lowest BCUT2D eigenvalue weighted by Crippen LogP contribution is -2.17. The number of azo groups is 1. The lowest BCUT2D eigenvalue weighted by atomic mass is 10.2. The molecule has 0 saturated heterocycles. The Morgan fingerprint density at radius 3 is 2.35 bits per heavy atom. The van der Waals surface area contributed by atoms with Crippen LogP contribution in [0.2, 0.25) is 0 Å². The van der Waals surface area contributed by atoms with Crippen LogP contribution in [-0.2, 0) is 6.54 Å². The van der Waals surface area contributed by atoms with E-state index in [0.717, 1.165) is 16.8 Å². The molecule has 1 N–H and O–H groups in total. The lowest BCUT2D eigenvalue weighted by molar-refractivity contribution is 0.658. The number of aromatic amines is 1. The number of nitrogens with one attached hydrogen (secondary N) is 1. The molecule has 0 unspecified atom stereocenters. The SMILES string of the molecule is Cc1ccc(N=Nc2c(C)[nH]n(Cc3ccccc3)c2=O)cc1. The molecule has 0 spiro atoms. The van der Waals surface area contributed by atoms with Crippen LogP contribution in [-0.4, -0.2) is 9.78 Å². The third kappa shape index (κ3) is 3.45. The van der Waals surface area contributed by atoms with Gasteiger partial charge in [-0.25, -0.2) is 4.68 Å². The molecule has 3 rings (SSSR count). The first kappa shape index (κ1) is 15.0. The minimum Gasteiger partial charge on any atom is -0.297 e. The summed E-state index contributed by atoms with van der Waals surface area (Å²) in [6.45, 7) is 4.33. The topological polar surface area (TPSA) is 62.5 Å². The van der Waals surface area contributed by atoms with Gasteiger partial charge in [-0.1, -0.05) is 48.0 Å². The number of nitrogens with zero attached hydrogens (tertiary/aromatic N) is 3. The molecular weight excluding hydrogens is 288 g/mol. The molecule has 0 atom stereocenters. The van der Waals surface area contributed by atoms with Gasteiger partial charge >= 0.3 is 0 Å². The van der Waals surface area contributed by atoms with Crippen LogP contribution in [0.25, 0.3) is 0 Å². The van der Waals surface area contributed by atoms with Crippen LogP contribution in [0.4, 0.5) is 11.4 Å². The highest BCUT2D eigenvalue weighted by molar-refractivity contribution is 5.42. The van der Waals surface area contributed by atoms with Crippen molar-refractivity contribution >= 4 is 11.4 Å². The zero-order chi connectivity index (χ0) is 16.2. The van der Waals surface area contributed by atoms with E-state index >= 15 is 0 Å². The number of benzene rings is 2. The highest BCUT2D eigenvalue weighted by Gasteiger charge is 2.10. The van der Waals surface area contributed by atoms with Crippen LogP contribution in [0.15, 0.2) is 69.6 Å². The number of rotatable bonds is 4. The van der Waals surface area contributed by atoms with Crippen molar-refractivity contribution in [3.63, 3.8) is 0 Å². The van der Waals surface area contributed by atoms with Crippen molar-refractivity contribution < 1.29 is 0 Å². The molecule has 0 bridgehead atoms. The second kappa shape index (κ2) is 6.44. The molecule has 0 saturated carbocycles. The molecule has 116 valence electrons. The monoisotopic (exact) mass is 306 g/mol. The van der Waals surface area contributed by atoms with Crippen molar-refractivity contribution in [2.45, 2.75) is 20.4 Å². The quantitative estimate of drug-likeness (QED) is 0.719. The second-order valence-corrected chi connectivity index (χ2v) is 5.50. The maximum Gasteiger partial charge on any atom is 0.294 e. The van der Waals surface area contributed by atoms with Crippen LogP contribution < -0.4 is 5.56 Å². The van der Waals surface area contributed by atoms with Gasteiger partial charge < -0.3 is 0 Å². The maximum atomic E-state index is 12.4. The standard InChI is InChI=1S/C18H18N4O/c1-13-8-10-16(11-9-13)19-20-17-14(2)21-22(18(17)23)12-15-6-4-3-5-7-15/h3-11,21H,12H2,1-2H3. The van der Waals surface area contributed by atoms with Gasteiger partial charge in [0, 0.05) is 0 Å². The number of H-pyrrole nitrogens is 1. The van der Waals surface area contributed by atoms with Gasteiger partial charge in [0.15, 0.2) is 5.69 Å². The van der Waals surface area contributed by atoms with Crippen LogP contribution in [0, 0.1) is 13.8 Å². The minimum absolute atomic E-state index is 0.165. The number of hydrogen-bond donors (Lipinski definition) is 1. The van der Waals surface area contributed by atoms with Gasteiger partial charge in [-0.3, -0.25) is 9.89 Å². The highest BCUT2D eigenvalue weighted by Crippen LogP contribution is 2.18. The average Bonchev–Trinajstić information content (AvgIpc) is 2.82. The summed E-state index contributed by atoms with van der Waals surface area (Å²) in [6.07, 6.45) is 0. The van der Waals surface area contributed by atoms with Crippen molar-refractivity contribution in [3.05, 3.63) is 81.8 Å². The molecule has 0 fully saturated rings. The Kier molecular flexibility index (Phi) is 4.19. The first-order valence-electron chi connectivity index (χ1n) is 7.45. The molecule has 5 heteroatoms. The molecule has 1 aromatic heterocycles. The van der Waals surface area contributed by atoms with Crippen molar-refractivity contribution in [1.29, 1.82) is 0 Å². The van der Waals surface area contributed by atoms with E-state index in [-0.39, 0.29) is 5.56 Å². The maximum absolute atomic E-state index is 12.4. The van der Waals surface area contributed by atoms with E-state index in [1.165, 1.54) is 0 Å². The molecule has 23 heavy (non-hydrogen) atoms. The van der Waals surface area contributed by atoms with E-state index in [1.807, 2.05) is 68.4 Å². The zero-order valence-corrected chi connectivity index (χ0v) is 13.2. The second-order valence-electron chi connectivity index (χ2n) is 5.50. The average molecular weight is 306 g/mol. The molecule has 0 aliphatic rings. The Balaban J connectivity index is 1.86. The Morgan fingerprint density at radius 2 is 1.65 bits per heavy atom. The van der Waals surface area contributed by atoms with Crippen molar-refractivity contribution in [2.24, 2.45) is 10.2 Å². The summed E-state index contributed by atoms with van der Waals surface area (Å²) in [6, 6.07) is 17.5. The first-order chi connectivity index (χ1) is 11.1. The summed E-state index contributed by atoms with van der Waals surface area (Å²) in [5.41, 5.74) is 3.83. The van der Waals surface area contributed by atoms with Crippen LogP contribution in [0.5, 0.6) is 0 Å². The summed E-state index contributed by atoms with van der Waals surface area (Å²) in [7, 11) is 0. The molecule has 0 radical (unpaired) electrons. The highest BCUT2D eigenvalue weighted by atomic mass is 16.1. The lowest BCUT2D eigenvalue weighted by Gasteiger charge is -2.00. The number of hydrogen-bond acceptors (Lipinski definition) is 3. The van der Waals surface area contributed by atoms with Crippen LogP contribution >= 0.6 is 0 Å². The molecule has 3 aromatic rings. The normalized spacial score (nSPS) is 11.2. The minimum atomic E-state index is -0.165. The number of aromatic nitrogens is 2. The van der Waals surface area contributed by atoms with Crippen molar-refractivity contribution in [2.75, 3.05) is 0 Å². The fourth-order valence-electron chi connectivity index (χ4n) is 2.31. The van der Waals surface area contributed by atoms with E-state index in [9.17, 15) is 4.79 Å². The third-order valence-electron chi connectivity index (χ3n) is 3.59. The zero-order valence-electron chi connectivity index (χ0n) is 13.2. The third-order valence-corrected chi connectivity index (χ3v) is 3.59. The van der Waals surface area contributed by atoms with Gasteiger partial charge in [-0.2, -0.15) is 5.11 Å². The summed E-state index contributed by atoms with van der Waals surface area (Å²) in [5.74, 6) is 0.